The van der Waals surface area contributed by atoms with Crippen LogP contribution in [-0.2, 0) is 4.79 Å². The molecular weight excluding hydrogens is 236 g/mol. The van der Waals surface area contributed by atoms with Gasteiger partial charge in [-0.15, -0.1) is 0 Å². The zero-order valence-corrected chi connectivity index (χ0v) is 12.7. The fourth-order valence-electron chi connectivity index (χ4n) is 3.78. The molecule has 1 aliphatic heterocycles. The number of nitrogens with zero attached hydrogens (tertiary/aromatic N) is 1. The third-order valence-corrected chi connectivity index (χ3v) is 5.76. The molecule has 2 rings (SSSR count). The minimum absolute atomic E-state index is 0.260. The minimum Gasteiger partial charge on any atom is -0.342 e. The fraction of sp³-hybridized carbons (Fsp3) is 0.938. The van der Waals surface area contributed by atoms with Crippen LogP contribution in [0.3, 0.4) is 0 Å². The van der Waals surface area contributed by atoms with Crippen LogP contribution in [0.4, 0.5) is 0 Å². The van der Waals surface area contributed by atoms with Crippen LogP contribution < -0.4 is 5.73 Å². The molecule has 2 fully saturated rings. The molecule has 0 unspecified atom stereocenters. The maximum atomic E-state index is 12.5. The van der Waals surface area contributed by atoms with E-state index in [0.717, 1.165) is 38.8 Å². The number of hydrogen-bond acceptors (Lipinski definition) is 2. The molecule has 110 valence electrons. The number of piperidine rings is 1. The maximum absolute atomic E-state index is 12.5. The van der Waals surface area contributed by atoms with Crippen molar-refractivity contribution in [3.8, 4) is 0 Å². The summed E-state index contributed by atoms with van der Waals surface area (Å²) in [7, 11) is 0. The molecule has 19 heavy (non-hydrogen) atoms. The zero-order chi connectivity index (χ0) is 13.9. The van der Waals surface area contributed by atoms with E-state index >= 15 is 0 Å². The molecule has 2 aliphatic rings. The number of carbonyl (C=O) groups excluding carboxylic acids is 1. The summed E-state index contributed by atoms with van der Waals surface area (Å²) in [5.74, 6) is 0.670. The number of rotatable bonds is 3. The Hall–Kier alpha value is -0.570. The monoisotopic (exact) mass is 266 g/mol. The van der Waals surface area contributed by atoms with Gasteiger partial charge in [0.2, 0.25) is 5.91 Å². The van der Waals surface area contributed by atoms with E-state index in [1.165, 1.54) is 25.7 Å². The predicted octanol–water partition coefficient (Wildman–Crippen LogP) is 2.93. The fourth-order valence-corrected chi connectivity index (χ4v) is 3.78. The summed E-state index contributed by atoms with van der Waals surface area (Å²) < 4.78 is 0. The molecule has 0 bridgehead atoms. The second-order valence-corrected chi connectivity index (χ2v) is 6.64. The molecule has 2 N–H and O–H groups in total. The van der Waals surface area contributed by atoms with Crippen molar-refractivity contribution in [2.24, 2.45) is 17.1 Å². The van der Waals surface area contributed by atoms with Gasteiger partial charge in [-0.3, -0.25) is 4.79 Å². The highest BCUT2D eigenvalue weighted by Gasteiger charge is 2.35. The highest BCUT2D eigenvalue weighted by Crippen LogP contribution is 2.38. The Morgan fingerprint density at radius 3 is 2.11 bits per heavy atom. The van der Waals surface area contributed by atoms with E-state index in [-0.39, 0.29) is 5.92 Å². The average Bonchev–Trinajstić information content (AvgIpc) is 2.47. The van der Waals surface area contributed by atoms with Crippen LogP contribution in [0, 0.1) is 11.3 Å². The molecule has 0 atom stereocenters. The predicted molar refractivity (Wildman–Crippen MR) is 78.8 cm³/mol. The van der Waals surface area contributed by atoms with Crippen LogP contribution in [0.5, 0.6) is 0 Å². The van der Waals surface area contributed by atoms with Crippen molar-refractivity contribution in [2.75, 3.05) is 13.1 Å². The van der Waals surface area contributed by atoms with Gasteiger partial charge in [0.1, 0.15) is 0 Å². The van der Waals surface area contributed by atoms with Gasteiger partial charge in [0.05, 0.1) is 0 Å². The number of nitrogens with two attached hydrogens (primary N) is 1. The second-order valence-electron chi connectivity index (χ2n) is 6.64. The standard InChI is InChI=1S/C16H30N2O/c1-3-16(4-2)9-11-18(12-10-16)15(19)13-5-7-14(17)8-6-13/h13-14H,3-12,17H2,1-2H3. The molecule has 1 amide bonds. The highest BCUT2D eigenvalue weighted by atomic mass is 16.2. The third kappa shape index (κ3) is 3.31. The van der Waals surface area contributed by atoms with E-state index in [1.54, 1.807) is 0 Å². The quantitative estimate of drug-likeness (QED) is 0.853. The molecular formula is C16H30N2O. The average molecular weight is 266 g/mol. The van der Waals surface area contributed by atoms with Crippen LogP contribution in [0.2, 0.25) is 0 Å². The van der Waals surface area contributed by atoms with Crippen LogP contribution >= 0.6 is 0 Å². The normalized spacial score (nSPS) is 31.2. The lowest BCUT2D eigenvalue weighted by Gasteiger charge is -2.42. The molecule has 3 heteroatoms. The lowest BCUT2D eigenvalue weighted by molar-refractivity contribution is -0.139. The van der Waals surface area contributed by atoms with Gasteiger partial charge in [-0.25, -0.2) is 0 Å². The first-order valence-corrected chi connectivity index (χ1v) is 8.14. The first-order valence-electron chi connectivity index (χ1n) is 8.14. The summed E-state index contributed by atoms with van der Waals surface area (Å²) in [6.07, 6.45) is 8.95. The lowest BCUT2D eigenvalue weighted by Crippen LogP contribution is -2.46. The largest absolute Gasteiger partial charge is 0.342 e. The van der Waals surface area contributed by atoms with E-state index in [4.69, 9.17) is 5.73 Å². The van der Waals surface area contributed by atoms with Crippen LogP contribution in [0.15, 0.2) is 0 Å². The van der Waals surface area contributed by atoms with Gasteiger partial charge in [0.15, 0.2) is 0 Å². The van der Waals surface area contributed by atoms with Crippen molar-refractivity contribution >= 4 is 5.91 Å². The van der Waals surface area contributed by atoms with Crippen molar-refractivity contribution in [1.29, 1.82) is 0 Å². The lowest BCUT2D eigenvalue weighted by atomic mass is 9.74. The van der Waals surface area contributed by atoms with E-state index in [2.05, 4.69) is 18.7 Å². The Morgan fingerprint density at radius 1 is 1.11 bits per heavy atom. The van der Waals surface area contributed by atoms with Gasteiger partial charge >= 0.3 is 0 Å². The van der Waals surface area contributed by atoms with Crippen molar-refractivity contribution in [3.63, 3.8) is 0 Å². The number of carbonyl (C=O) groups is 1. The van der Waals surface area contributed by atoms with Crippen LogP contribution in [-0.4, -0.2) is 29.9 Å². The third-order valence-electron chi connectivity index (χ3n) is 5.76. The molecule has 1 aliphatic carbocycles. The Kier molecular flexibility index (Phi) is 4.88. The van der Waals surface area contributed by atoms with Crippen molar-refractivity contribution in [3.05, 3.63) is 0 Å². The molecule has 0 aromatic rings. The molecule has 0 radical (unpaired) electrons. The van der Waals surface area contributed by atoms with Crippen molar-refractivity contribution < 1.29 is 4.79 Å². The van der Waals surface area contributed by atoms with Gasteiger partial charge in [-0.2, -0.15) is 0 Å². The smallest absolute Gasteiger partial charge is 0.225 e. The van der Waals surface area contributed by atoms with Crippen molar-refractivity contribution in [1.82, 2.24) is 4.90 Å². The summed E-state index contributed by atoms with van der Waals surface area (Å²) in [5.41, 5.74) is 6.43. The van der Waals surface area contributed by atoms with E-state index in [0.29, 0.717) is 17.4 Å². The summed E-state index contributed by atoms with van der Waals surface area (Å²) in [6, 6.07) is 0.332. The van der Waals surface area contributed by atoms with E-state index in [1.807, 2.05) is 0 Å². The summed E-state index contributed by atoms with van der Waals surface area (Å²) >= 11 is 0. The SMILES string of the molecule is CCC1(CC)CCN(C(=O)C2CCC(N)CC2)CC1. The molecule has 1 heterocycles. The van der Waals surface area contributed by atoms with Gasteiger partial charge in [-0.1, -0.05) is 26.7 Å². The first-order chi connectivity index (χ1) is 9.10. The highest BCUT2D eigenvalue weighted by molar-refractivity contribution is 5.79. The van der Waals surface area contributed by atoms with Gasteiger partial charge in [0.25, 0.3) is 0 Å². The van der Waals surface area contributed by atoms with Crippen LogP contribution in [0.25, 0.3) is 0 Å². The van der Waals surface area contributed by atoms with Gasteiger partial charge in [0, 0.05) is 25.0 Å². The maximum Gasteiger partial charge on any atom is 0.225 e. The molecule has 0 aromatic heterocycles. The Labute approximate surface area is 117 Å². The van der Waals surface area contributed by atoms with Crippen LogP contribution in [0.1, 0.15) is 65.2 Å². The summed E-state index contributed by atoms with van der Waals surface area (Å²) in [6.45, 7) is 6.54. The molecule has 1 saturated heterocycles. The van der Waals surface area contributed by atoms with E-state index < -0.39 is 0 Å². The van der Waals surface area contributed by atoms with E-state index in [9.17, 15) is 4.79 Å². The Balaban J connectivity index is 1.85. The van der Waals surface area contributed by atoms with Gasteiger partial charge in [-0.05, 0) is 43.9 Å². The summed E-state index contributed by atoms with van der Waals surface area (Å²) in [5, 5.41) is 0. The summed E-state index contributed by atoms with van der Waals surface area (Å²) in [4.78, 5) is 14.7. The first kappa shape index (κ1) is 14.8. The number of likely N-dealkylation sites (tertiary alicyclic amines) is 1. The number of amides is 1. The Morgan fingerprint density at radius 2 is 1.63 bits per heavy atom. The van der Waals surface area contributed by atoms with Crippen molar-refractivity contribution in [2.45, 2.75) is 71.3 Å². The Bertz CT molecular complexity index is 294. The van der Waals surface area contributed by atoms with Gasteiger partial charge < -0.3 is 10.6 Å². The molecule has 0 aromatic carbocycles. The second kappa shape index (κ2) is 6.25. The molecule has 0 spiro atoms. The number of hydrogen-bond donors (Lipinski definition) is 1. The topological polar surface area (TPSA) is 46.3 Å². The minimum atomic E-state index is 0.260. The molecule has 3 nitrogen and oxygen atoms in total. The molecule has 1 saturated carbocycles. The zero-order valence-electron chi connectivity index (χ0n) is 12.7.